The SMILES string of the molecule is N[C@H](c1ccc(Cl)o1)C1CC1. The maximum Gasteiger partial charge on any atom is 0.193 e. The molecule has 0 aromatic carbocycles. The van der Waals surface area contributed by atoms with E-state index in [1.807, 2.05) is 6.07 Å². The molecule has 1 fully saturated rings. The number of furan rings is 1. The normalized spacial score (nSPS) is 20.2. The van der Waals surface area contributed by atoms with Gasteiger partial charge in [0.25, 0.3) is 0 Å². The molecule has 0 saturated heterocycles. The van der Waals surface area contributed by atoms with Crippen molar-refractivity contribution in [1.82, 2.24) is 0 Å². The Bertz CT molecular complexity index is 254. The van der Waals surface area contributed by atoms with Crippen molar-refractivity contribution in [2.45, 2.75) is 18.9 Å². The van der Waals surface area contributed by atoms with Gasteiger partial charge in [-0.3, -0.25) is 0 Å². The Balaban J connectivity index is 2.14. The van der Waals surface area contributed by atoms with E-state index in [0.717, 1.165) is 5.76 Å². The zero-order chi connectivity index (χ0) is 7.84. The fourth-order valence-corrected chi connectivity index (χ4v) is 1.35. The Kier molecular flexibility index (Phi) is 1.66. The second-order valence-corrected chi connectivity index (χ2v) is 3.38. The van der Waals surface area contributed by atoms with E-state index in [2.05, 4.69) is 0 Å². The molecular weight excluding hydrogens is 162 g/mol. The third-order valence-electron chi connectivity index (χ3n) is 2.05. The lowest BCUT2D eigenvalue weighted by Gasteiger charge is -2.04. The summed E-state index contributed by atoms with van der Waals surface area (Å²) < 4.78 is 5.19. The molecule has 0 aliphatic heterocycles. The van der Waals surface area contributed by atoms with Crippen LogP contribution in [0, 0.1) is 5.92 Å². The van der Waals surface area contributed by atoms with Gasteiger partial charge in [-0.2, -0.15) is 0 Å². The van der Waals surface area contributed by atoms with Gasteiger partial charge in [0.2, 0.25) is 0 Å². The molecule has 2 rings (SSSR count). The summed E-state index contributed by atoms with van der Waals surface area (Å²) in [4.78, 5) is 0. The summed E-state index contributed by atoms with van der Waals surface area (Å²) in [6, 6.07) is 3.65. The van der Waals surface area contributed by atoms with Gasteiger partial charge in [-0.05, 0) is 42.5 Å². The Hall–Kier alpha value is -0.470. The number of hydrogen-bond acceptors (Lipinski definition) is 2. The van der Waals surface area contributed by atoms with Gasteiger partial charge in [-0.15, -0.1) is 0 Å². The standard InChI is InChI=1S/C8H10ClNO/c9-7-4-3-6(11-7)8(10)5-1-2-5/h3-5,8H,1-2,10H2/t8-/m0/s1. The van der Waals surface area contributed by atoms with E-state index in [9.17, 15) is 0 Å². The highest BCUT2D eigenvalue weighted by atomic mass is 35.5. The molecule has 2 nitrogen and oxygen atoms in total. The lowest BCUT2D eigenvalue weighted by molar-refractivity contribution is 0.444. The summed E-state index contributed by atoms with van der Waals surface area (Å²) in [5, 5.41) is 0.427. The van der Waals surface area contributed by atoms with Crippen LogP contribution in [0.2, 0.25) is 5.22 Å². The van der Waals surface area contributed by atoms with E-state index in [1.165, 1.54) is 12.8 Å². The van der Waals surface area contributed by atoms with E-state index in [-0.39, 0.29) is 6.04 Å². The molecule has 60 valence electrons. The maximum atomic E-state index is 5.86. The minimum atomic E-state index is 0.0579. The second kappa shape index (κ2) is 2.54. The highest BCUT2D eigenvalue weighted by molar-refractivity contribution is 6.28. The molecule has 11 heavy (non-hydrogen) atoms. The summed E-state index contributed by atoms with van der Waals surface area (Å²) in [5.74, 6) is 1.44. The average Bonchev–Trinajstić information content (AvgIpc) is 2.74. The second-order valence-electron chi connectivity index (χ2n) is 3.01. The van der Waals surface area contributed by atoms with E-state index in [1.54, 1.807) is 6.07 Å². The van der Waals surface area contributed by atoms with Crippen molar-refractivity contribution in [2.24, 2.45) is 11.7 Å². The molecule has 2 N–H and O–H groups in total. The molecule has 0 spiro atoms. The summed E-state index contributed by atoms with van der Waals surface area (Å²) in [6.45, 7) is 0. The topological polar surface area (TPSA) is 39.2 Å². The molecule has 1 aromatic rings. The fraction of sp³-hybridized carbons (Fsp3) is 0.500. The maximum absolute atomic E-state index is 5.86. The molecule has 1 aliphatic rings. The van der Waals surface area contributed by atoms with Gasteiger partial charge < -0.3 is 10.2 Å². The molecule has 0 amide bonds. The molecule has 0 bridgehead atoms. The summed E-state index contributed by atoms with van der Waals surface area (Å²) >= 11 is 5.61. The predicted molar refractivity (Wildman–Crippen MR) is 43.4 cm³/mol. The van der Waals surface area contributed by atoms with Crippen molar-refractivity contribution in [1.29, 1.82) is 0 Å². The lowest BCUT2D eigenvalue weighted by atomic mass is 10.1. The van der Waals surface area contributed by atoms with Gasteiger partial charge in [0, 0.05) is 0 Å². The van der Waals surface area contributed by atoms with Crippen molar-refractivity contribution < 1.29 is 4.42 Å². The summed E-state index contributed by atoms with van der Waals surface area (Å²) in [7, 11) is 0. The lowest BCUT2D eigenvalue weighted by Crippen LogP contribution is -2.10. The molecule has 1 aromatic heterocycles. The van der Waals surface area contributed by atoms with Gasteiger partial charge in [-0.1, -0.05) is 0 Å². The van der Waals surface area contributed by atoms with Crippen LogP contribution in [0.25, 0.3) is 0 Å². The molecule has 1 aliphatic carbocycles. The smallest absolute Gasteiger partial charge is 0.193 e. The van der Waals surface area contributed by atoms with E-state index in [0.29, 0.717) is 11.1 Å². The van der Waals surface area contributed by atoms with Gasteiger partial charge in [-0.25, -0.2) is 0 Å². The van der Waals surface area contributed by atoms with Gasteiger partial charge in [0.05, 0.1) is 6.04 Å². The molecule has 1 heterocycles. The highest BCUT2D eigenvalue weighted by Crippen LogP contribution is 2.40. The van der Waals surface area contributed by atoms with E-state index >= 15 is 0 Å². The third-order valence-corrected chi connectivity index (χ3v) is 2.26. The van der Waals surface area contributed by atoms with Gasteiger partial charge in [0.15, 0.2) is 5.22 Å². The van der Waals surface area contributed by atoms with Crippen LogP contribution in [0.4, 0.5) is 0 Å². The van der Waals surface area contributed by atoms with Crippen LogP contribution in [0.5, 0.6) is 0 Å². The molecular formula is C8H10ClNO. The first-order valence-corrected chi connectivity index (χ1v) is 4.16. The van der Waals surface area contributed by atoms with Crippen LogP contribution < -0.4 is 5.73 Å². The predicted octanol–water partition coefficient (Wildman–Crippen LogP) is 2.34. The Morgan fingerprint density at radius 3 is 2.73 bits per heavy atom. The van der Waals surface area contributed by atoms with E-state index < -0.39 is 0 Å². The molecule has 1 saturated carbocycles. The first-order valence-electron chi connectivity index (χ1n) is 3.78. The van der Waals surface area contributed by atoms with Crippen molar-refractivity contribution in [2.75, 3.05) is 0 Å². The zero-order valence-corrected chi connectivity index (χ0v) is 6.84. The molecule has 1 atom stereocenters. The van der Waals surface area contributed by atoms with Crippen LogP contribution in [-0.2, 0) is 0 Å². The van der Waals surface area contributed by atoms with Crippen LogP contribution in [-0.4, -0.2) is 0 Å². The Morgan fingerprint density at radius 2 is 2.27 bits per heavy atom. The quantitative estimate of drug-likeness (QED) is 0.742. The number of rotatable bonds is 2. The Morgan fingerprint density at radius 1 is 1.55 bits per heavy atom. The Labute approximate surface area is 70.3 Å². The monoisotopic (exact) mass is 171 g/mol. The van der Waals surface area contributed by atoms with Crippen molar-refractivity contribution >= 4 is 11.6 Å². The van der Waals surface area contributed by atoms with Crippen LogP contribution >= 0.6 is 11.6 Å². The highest BCUT2D eigenvalue weighted by Gasteiger charge is 2.31. The summed E-state index contributed by atoms with van der Waals surface area (Å²) in [5.41, 5.74) is 5.86. The van der Waals surface area contributed by atoms with Gasteiger partial charge >= 0.3 is 0 Å². The minimum absolute atomic E-state index is 0.0579. The van der Waals surface area contributed by atoms with Crippen LogP contribution in [0.1, 0.15) is 24.6 Å². The molecule has 0 radical (unpaired) electrons. The average molecular weight is 172 g/mol. The van der Waals surface area contributed by atoms with E-state index in [4.69, 9.17) is 21.8 Å². The van der Waals surface area contributed by atoms with Crippen LogP contribution in [0.15, 0.2) is 16.5 Å². The number of hydrogen-bond donors (Lipinski definition) is 1. The summed E-state index contributed by atoms with van der Waals surface area (Å²) in [6.07, 6.45) is 2.44. The van der Waals surface area contributed by atoms with Crippen LogP contribution in [0.3, 0.4) is 0 Å². The van der Waals surface area contributed by atoms with Crippen molar-refractivity contribution in [3.63, 3.8) is 0 Å². The van der Waals surface area contributed by atoms with Crippen molar-refractivity contribution in [3.05, 3.63) is 23.1 Å². The first-order chi connectivity index (χ1) is 5.27. The minimum Gasteiger partial charge on any atom is -0.448 e. The largest absolute Gasteiger partial charge is 0.448 e. The van der Waals surface area contributed by atoms with Gasteiger partial charge in [0.1, 0.15) is 5.76 Å². The molecule has 0 unspecified atom stereocenters. The number of halogens is 1. The third kappa shape index (κ3) is 1.42. The molecule has 3 heteroatoms. The zero-order valence-electron chi connectivity index (χ0n) is 6.09. The fourth-order valence-electron chi connectivity index (χ4n) is 1.20. The number of nitrogens with two attached hydrogens (primary N) is 1. The van der Waals surface area contributed by atoms with Crippen molar-refractivity contribution in [3.8, 4) is 0 Å². The first kappa shape index (κ1) is 7.19.